The van der Waals surface area contributed by atoms with E-state index in [2.05, 4.69) is 17.5 Å². The van der Waals surface area contributed by atoms with Gasteiger partial charge in [0.05, 0.1) is 19.8 Å². The van der Waals surface area contributed by atoms with Crippen LogP contribution >= 0.6 is 24.2 Å². The minimum atomic E-state index is -1.67. The number of amides is 2. The van der Waals surface area contributed by atoms with E-state index in [1.165, 1.54) is 24.5 Å². The summed E-state index contributed by atoms with van der Waals surface area (Å²) < 4.78 is 8.74. The van der Waals surface area contributed by atoms with E-state index in [0.717, 1.165) is 31.1 Å². The van der Waals surface area contributed by atoms with Crippen LogP contribution in [-0.4, -0.2) is 91.4 Å². The van der Waals surface area contributed by atoms with Crippen LogP contribution in [-0.2, 0) is 25.5 Å². The predicted octanol–water partition coefficient (Wildman–Crippen LogP) is 3.96. The molecule has 0 spiro atoms. The Labute approximate surface area is 241 Å². The number of esters is 1. The summed E-state index contributed by atoms with van der Waals surface area (Å²) in [6.45, 7) is 9.56. The Hall–Kier alpha value is -2.59. The molecule has 0 aliphatic carbocycles. The highest BCUT2D eigenvalue weighted by atomic mass is 35.5. The molecule has 8 nitrogen and oxygen atoms in total. The average molecular weight is 576 g/mol. The number of rotatable bonds is 11. The fraction of sp³-hybridized carbons (Fsp3) is 0.483. The van der Waals surface area contributed by atoms with E-state index in [4.69, 9.17) is 21.1 Å². The fourth-order valence-corrected chi connectivity index (χ4v) is 4.69. The van der Waals surface area contributed by atoms with Gasteiger partial charge in [0.1, 0.15) is 0 Å². The normalized spacial score (nSPS) is 15.6. The summed E-state index contributed by atoms with van der Waals surface area (Å²) in [6.07, 6.45) is 0.925. The summed E-state index contributed by atoms with van der Waals surface area (Å²) in [7, 11) is 1.22. The number of benzene rings is 2. The number of hydrogen-bond acceptors (Lipinski definition) is 7. The van der Waals surface area contributed by atoms with Crippen LogP contribution in [0.1, 0.15) is 36.7 Å². The van der Waals surface area contributed by atoms with E-state index >= 15 is 0 Å². The van der Waals surface area contributed by atoms with Crippen molar-refractivity contribution in [3.63, 3.8) is 0 Å². The quantitative estimate of drug-likeness (QED) is 0.248. The van der Waals surface area contributed by atoms with Gasteiger partial charge in [-0.2, -0.15) is 12.6 Å². The van der Waals surface area contributed by atoms with E-state index < -0.39 is 16.6 Å². The van der Waals surface area contributed by atoms with E-state index in [1.54, 1.807) is 24.3 Å². The number of thiol groups is 1. The second kappa shape index (κ2) is 14.2. The maximum Gasteiger partial charge on any atom is 0.331 e. The van der Waals surface area contributed by atoms with Gasteiger partial charge >= 0.3 is 5.97 Å². The topological polar surface area (TPSA) is 79.4 Å². The minimum absolute atomic E-state index is 0.0113. The molecule has 1 unspecified atom stereocenters. The first-order chi connectivity index (χ1) is 18.5. The van der Waals surface area contributed by atoms with Crippen molar-refractivity contribution in [2.75, 3.05) is 57.9 Å². The Morgan fingerprint density at radius 3 is 2.21 bits per heavy atom. The molecular formula is C29H38ClN3O5S. The molecule has 39 heavy (non-hydrogen) atoms. The van der Waals surface area contributed by atoms with Crippen molar-refractivity contribution in [3.05, 3.63) is 64.7 Å². The molecule has 1 aliphatic rings. The average Bonchev–Trinajstić information content (AvgIpc) is 2.94. The molecule has 2 amide bonds. The molecule has 0 saturated carbocycles. The van der Waals surface area contributed by atoms with Crippen LogP contribution in [0.5, 0.6) is 0 Å². The Balaban J connectivity index is 1.62. The van der Waals surface area contributed by atoms with Crippen LogP contribution in [0.25, 0.3) is 0 Å². The number of halogens is 1. The number of methoxy groups -OCH3 is 1. The molecular weight excluding hydrogens is 538 g/mol. The molecule has 0 N–H and O–H groups in total. The number of carbonyl (C=O) groups excluding carboxylic acids is 3. The van der Waals surface area contributed by atoms with Crippen molar-refractivity contribution in [2.45, 2.75) is 38.0 Å². The molecule has 1 fully saturated rings. The number of piperazine rings is 1. The van der Waals surface area contributed by atoms with E-state index in [0.29, 0.717) is 24.3 Å². The largest absolute Gasteiger partial charge is 0.468 e. The first kappa shape index (κ1) is 30.9. The zero-order chi connectivity index (χ0) is 28.6. The third-order valence-corrected chi connectivity index (χ3v) is 7.35. The summed E-state index contributed by atoms with van der Waals surface area (Å²) >= 11 is 10.3. The summed E-state index contributed by atoms with van der Waals surface area (Å²) in [4.78, 5) is 44.4. The molecule has 1 atom stereocenters. The van der Waals surface area contributed by atoms with Gasteiger partial charge in [-0.05, 0) is 69.2 Å². The number of nitrogens with zero attached hydrogens (tertiary/aromatic N) is 3. The number of anilines is 1. The van der Waals surface area contributed by atoms with Gasteiger partial charge in [-0.3, -0.25) is 19.3 Å². The van der Waals surface area contributed by atoms with Crippen molar-refractivity contribution in [1.29, 1.82) is 0 Å². The van der Waals surface area contributed by atoms with Gasteiger partial charge in [-0.1, -0.05) is 23.7 Å². The lowest BCUT2D eigenvalue weighted by atomic mass is 10.1. The first-order valence-corrected chi connectivity index (χ1v) is 14.0. The van der Waals surface area contributed by atoms with Crippen LogP contribution in [0.2, 0.25) is 5.02 Å². The number of carbonyl (C=O) groups is 3. The Bertz CT molecular complexity index is 1120. The minimum Gasteiger partial charge on any atom is -0.468 e. The van der Waals surface area contributed by atoms with Gasteiger partial charge in [-0.25, -0.2) is 0 Å². The molecule has 1 saturated heterocycles. The lowest BCUT2D eigenvalue weighted by molar-refractivity contribution is -0.146. The van der Waals surface area contributed by atoms with E-state index in [1.807, 2.05) is 43.0 Å². The van der Waals surface area contributed by atoms with Crippen LogP contribution in [0.3, 0.4) is 0 Å². The lowest BCUT2D eigenvalue weighted by Gasteiger charge is -2.35. The molecule has 0 aromatic heterocycles. The molecule has 0 bridgehead atoms. The third-order valence-electron chi connectivity index (χ3n) is 6.73. The van der Waals surface area contributed by atoms with Crippen molar-refractivity contribution in [3.8, 4) is 0 Å². The Morgan fingerprint density at radius 1 is 1.03 bits per heavy atom. The SMILES string of the molecule is COC(=O)C(C)(S)C(=O)N(CCOC(C)C)c1ccc(C(=O)N2CCN(CCc3ccc(Cl)cc3)CC2)cc1. The van der Waals surface area contributed by atoms with Crippen molar-refractivity contribution < 1.29 is 23.9 Å². The highest BCUT2D eigenvalue weighted by Crippen LogP contribution is 2.25. The fourth-order valence-electron chi connectivity index (χ4n) is 4.36. The molecule has 2 aromatic rings. The van der Waals surface area contributed by atoms with Crippen LogP contribution < -0.4 is 4.90 Å². The summed E-state index contributed by atoms with van der Waals surface area (Å²) in [5, 5.41) is 0.736. The smallest absolute Gasteiger partial charge is 0.331 e. The highest BCUT2D eigenvalue weighted by molar-refractivity contribution is 7.83. The first-order valence-electron chi connectivity index (χ1n) is 13.1. The second-order valence-electron chi connectivity index (χ2n) is 10.00. The number of hydrogen-bond donors (Lipinski definition) is 1. The van der Waals surface area contributed by atoms with E-state index in [-0.39, 0.29) is 25.2 Å². The molecule has 2 aromatic carbocycles. The zero-order valence-corrected chi connectivity index (χ0v) is 24.7. The third kappa shape index (κ3) is 8.45. The number of ether oxygens (including phenoxy) is 2. The lowest BCUT2D eigenvalue weighted by Crippen LogP contribution is -2.50. The Morgan fingerprint density at radius 2 is 1.64 bits per heavy atom. The standard InChI is InChI=1S/C29H38ClN3O5S/c1-21(2)38-20-19-33(27(35)29(3,39)28(36)37-4)25-11-7-23(8-12-25)26(34)32-17-15-31(16-18-32)14-13-22-5-9-24(30)10-6-22/h5-12,21,39H,13-20H2,1-4H3. The molecule has 1 heterocycles. The van der Waals surface area contributed by atoms with Crippen molar-refractivity contribution in [2.24, 2.45) is 0 Å². The molecule has 212 valence electrons. The maximum atomic E-state index is 13.3. The highest BCUT2D eigenvalue weighted by Gasteiger charge is 2.42. The van der Waals surface area contributed by atoms with E-state index in [9.17, 15) is 14.4 Å². The molecule has 3 rings (SSSR count). The summed E-state index contributed by atoms with van der Waals surface area (Å²) in [5.41, 5.74) is 2.33. The van der Waals surface area contributed by atoms with Gasteiger partial charge < -0.3 is 19.3 Å². The van der Waals surface area contributed by atoms with Crippen LogP contribution in [0, 0.1) is 0 Å². The second-order valence-corrected chi connectivity index (χ2v) is 11.3. The van der Waals surface area contributed by atoms with Gasteiger partial charge in [0.2, 0.25) is 0 Å². The van der Waals surface area contributed by atoms with Crippen LogP contribution in [0.15, 0.2) is 48.5 Å². The summed E-state index contributed by atoms with van der Waals surface area (Å²) in [5.74, 6) is -1.32. The van der Waals surface area contributed by atoms with Crippen molar-refractivity contribution in [1.82, 2.24) is 9.80 Å². The molecule has 0 radical (unpaired) electrons. The zero-order valence-electron chi connectivity index (χ0n) is 23.1. The predicted molar refractivity (Wildman–Crippen MR) is 157 cm³/mol. The monoisotopic (exact) mass is 575 g/mol. The van der Waals surface area contributed by atoms with Crippen LogP contribution in [0.4, 0.5) is 5.69 Å². The molecule has 10 heteroatoms. The van der Waals surface area contributed by atoms with Crippen molar-refractivity contribution >= 4 is 47.7 Å². The van der Waals surface area contributed by atoms with Gasteiger partial charge in [0.15, 0.2) is 4.75 Å². The summed E-state index contributed by atoms with van der Waals surface area (Å²) in [6, 6.07) is 14.7. The van der Waals surface area contributed by atoms with Gasteiger partial charge in [0.25, 0.3) is 11.8 Å². The van der Waals surface area contributed by atoms with Gasteiger partial charge in [-0.15, -0.1) is 0 Å². The maximum absolute atomic E-state index is 13.3. The van der Waals surface area contributed by atoms with Gasteiger partial charge in [0, 0.05) is 55.5 Å². The Kier molecular flexibility index (Phi) is 11.2. The molecule has 1 aliphatic heterocycles.